The summed E-state index contributed by atoms with van der Waals surface area (Å²) in [6.07, 6.45) is 9.78. The molecule has 0 aliphatic heterocycles. The number of hydrogen-bond donors (Lipinski definition) is 1. The van der Waals surface area contributed by atoms with Crippen LogP contribution in [0.15, 0.2) is 4.90 Å². The number of halogens is 6. The molecule has 0 spiro atoms. The molecule has 1 N–H and O–H groups in total. The Hall–Kier alpha value is -1.17. The molecule has 0 aliphatic carbocycles. The molecule has 0 unspecified atom stereocenters. The van der Waals surface area contributed by atoms with Crippen LogP contribution in [-0.2, 0) is 15.5 Å². The number of benzene rings is 1. The number of alkyl halides is 3. The molecule has 1 rings (SSSR count). The fraction of sp³-hybridized carbons (Fsp3) is 0.739. The summed E-state index contributed by atoms with van der Waals surface area (Å²) in [7, 11) is 0. The normalized spacial score (nSPS) is 11.9. The molecule has 0 aliphatic rings. The van der Waals surface area contributed by atoms with Crippen molar-refractivity contribution in [3.8, 4) is 5.75 Å². The number of rotatable bonds is 19. The van der Waals surface area contributed by atoms with E-state index in [2.05, 4.69) is 16.3 Å². The minimum Gasteiger partial charge on any atom is -0.490 e. The largest absolute Gasteiger partial charge is 0.490 e. The summed E-state index contributed by atoms with van der Waals surface area (Å²) in [5, 5.41) is 11.1. The van der Waals surface area contributed by atoms with E-state index in [1.54, 1.807) is 0 Å². The second-order valence-electron chi connectivity index (χ2n) is 8.14. The predicted molar refractivity (Wildman–Crippen MR) is 118 cm³/mol. The average Bonchev–Trinajstić information content (AvgIpc) is 2.78. The molecule has 34 heavy (non-hydrogen) atoms. The van der Waals surface area contributed by atoms with Gasteiger partial charge in [0.2, 0.25) is 5.82 Å². The molecule has 0 radical (unpaired) electrons. The molecular formula is C23H34F6O4S. The summed E-state index contributed by atoms with van der Waals surface area (Å²) in [5.74, 6) is -7.59. The smallest absolute Gasteiger partial charge is 0.422 e. The summed E-state index contributed by atoms with van der Waals surface area (Å²) in [5.41, 5.74) is -2.08. The Kier molecular flexibility index (Phi) is 15.7. The molecular weight excluding hydrogens is 486 g/mol. The lowest BCUT2D eigenvalue weighted by Gasteiger charge is -2.18. The van der Waals surface area contributed by atoms with Crippen molar-refractivity contribution in [1.29, 1.82) is 0 Å². The lowest BCUT2D eigenvalue weighted by molar-refractivity contribution is -0.432. The van der Waals surface area contributed by atoms with Crippen LogP contribution in [0.5, 0.6) is 5.75 Å². The van der Waals surface area contributed by atoms with Crippen LogP contribution in [0, 0.1) is 17.5 Å². The highest BCUT2D eigenvalue weighted by atomic mass is 32.2. The van der Waals surface area contributed by atoms with Gasteiger partial charge >= 0.3 is 6.18 Å². The van der Waals surface area contributed by atoms with Crippen LogP contribution in [0.1, 0.15) is 102 Å². The van der Waals surface area contributed by atoms with E-state index in [1.807, 2.05) is 0 Å². The molecule has 11 heteroatoms. The third kappa shape index (κ3) is 11.0. The van der Waals surface area contributed by atoms with Crippen LogP contribution in [0.4, 0.5) is 26.3 Å². The molecule has 0 amide bonds. The van der Waals surface area contributed by atoms with Gasteiger partial charge in [0.1, 0.15) is 10.5 Å². The van der Waals surface area contributed by atoms with Crippen molar-refractivity contribution >= 4 is 12.0 Å². The second-order valence-corrected chi connectivity index (χ2v) is 8.85. The minimum absolute atomic E-state index is 0.315. The van der Waals surface area contributed by atoms with Crippen LogP contribution >= 0.6 is 12.0 Å². The maximum Gasteiger partial charge on any atom is 0.422 e. The highest BCUT2D eigenvalue weighted by Gasteiger charge is 2.43. The number of hydrogen-bond acceptors (Lipinski definition) is 5. The highest BCUT2D eigenvalue weighted by molar-refractivity contribution is 7.94. The Morgan fingerprint density at radius 2 is 1.18 bits per heavy atom. The maximum absolute atomic E-state index is 14.2. The van der Waals surface area contributed by atoms with E-state index >= 15 is 0 Å². The Bertz CT molecular complexity index is 703. The zero-order valence-electron chi connectivity index (χ0n) is 19.5. The summed E-state index contributed by atoms with van der Waals surface area (Å²) in [4.78, 5) is -1.46. The first-order valence-electron chi connectivity index (χ1n) is 11.8. The topological polar surface area (TPSA) is 47.9 Å². The van der Waals surface area contributed by atoms with E-state index in [4.69, 9.17) is 9.99 Å². The molecule has 198 valence electrons. The van der Waals surface area contributed by atoms with Gasteiger partial charge in [-0.05, 0) is 6.42 Å². The SMILES string of the molecule is CCCCCCCCCCCCCCCCOc1c(F)c(F)c(SOOO)c(F)c1C(F)(F)F. The lowest BCUT2D eigenvalue weighted by atomic mass is 10.0. The van der Waals surface area contributed by atoms with E-state index in [-0.39, 0.29) is 6.61 Å². The van der Waals surface area contributed by atoms with Gasteiger partial charge in [-0.25, -0.2) is 14.0 Å². The van der Waals surface area contributed by atoms with Crippen LogP contribution in [0.3, 0.4) is 0 Å². The van der Waals surface area contributed by atoms with Gasteiger partial charge in [0.05, 0.1) is 18.6 Å². The van der Waals surface area contributed by atoms with Crippen molar-refractivity contribution in [2.45, 2.75) is 108 Å². The fourth-order valence-electron chi connectivity index (χ4n) is 3.60. The molecule has 1 aromatic rings. The maximum atomic E-state index is 14.2. The molecule has 4 nitrogen and oxygen atoms in total. The lowest BCUT2D eigenvalue weighted by Crippen LogP contribution is -2.16. The summed E-state index contributed by atoms with van der Waals surface area (Å²) >= 11 is -0.442. The standard InChI is InChI=1S/C23H34F6O4S/c1-2-3-4-5-6-7-8-9-10-11-12-13-14-15-16-31-21-17(23(27,28)29)18(24)22(34-33-32-30)20(26)19(21)25/h30H,2-16H2,1H3. The first kappa shape index (κ1) is 30.9. The van der Waals surface area contributed by atoms with Gasteiger partial charge in [0.25, 0.3) is 0 Å². The van der Waals surface area contributed by atoms with Crippen molar-refractivity contribution in [2.24, 2.45) is 0 Å². The van der Waals surface area contributed by atoms with Crippen LogP contribution < -0.4 is 4.74 Å². The van der Waals surface area contributed by atoms with Gasteiger partial charge in [0.15, 0.2) is 17.4 Å². The van der Waals surface area contributed by atoms with Crippen molar-refractivity contribution in [2.75, 3.05) is 6.61 Å². The summed E-state index contributed by atoms with van der Waals surface area (Å²) in [6, 6.07) is 0. The Balaban J connectivity index is 2.37. The van der Waals surface area contributed by atoms with Crippen molar-refractivity contribution in [3.05, 3.63) is 23.0 Å². The molecule has 0 saturated carbocycles. The van der Waals surface area contributed by atoms with Crippen molar-refractivity contribution in [3.63, 3.8) is 0 Å². The first-order chi connectivity index (χ1) is 16.3. The molecule has 0 bridgehead atoms. The van der Waals surface area contributed by atoms with Gasteiger partial charge in [-0.2, -0.15) is 17.6 Å². The van der Waals surface area contributed by atoms with Crippen LogP contribution in [-0.4, -0.2) is 11.9 Å². The van der Waals surface area contributed by atoms with Crippen molar-refractivity contribution in [1.82, 2.24) is 0 Å². The van der Waals surface area contributed by atoms with Gasteiger partial charge in [-0.15, -0.1) is 4.33 Å². The fourth-order valence-corrected chi connectivity index (χ4v) is 4.04. The van der Waals surface area contributed by atoms with E-state index in [9.17, 15) is 26.3 Å². The average molecular weight is 521 g/mol. The Morgan fingerprint density at radius 3 is 1.62 bits per heavy atom. The van der Waals surface area contributed by atoms with Gasteiger partial charge < -0.3 is 4.74 Å². The molecule has 0 aromatic heterocycles. The quantitative estimate of drug-likeness (QED) is 0.0492. The highest BCUT2D eigenvalue weighted by Crippen LogP contribution is 2.44. The summed E-state index contributed by atoms with van der Waals surface area (Å²) < 4.78 is 90.9. The van der Waals surface area contributed by atoms with Gasteiger partial charge in [-0.3, -0.25) is 0 Å². The van der Waals surface area contributed by atoms with E-state index in [0.717, 1.165) is 25.7 Å². The second kappa shape index (κ2) is 17.3. The monoisotopic (exact) mass is 520 g/mol. The Morgan fingerprint density at radius 1 is 0.706 bits per heavy atom. The van der Waals surface area contributed by atoms with E-state index in [0.29, 0.717) is 12.8 Å². The molecule has 0 saturated heterocycles. The third-order valence-corrected chi connectivity index (χ3v) is 6.07. The van der Waals surface area contributed by atoms with Crippen LogP contribution in [0.25, 0.3) is 0 Å². The van der Waals surface area contributed by atoms with E-state index < -0.39 is 51.9 Å². The zero-order chi connectivity index (χ0) is 25.4. The zero-order valence-corrected chi connectivity index (χ0v) is 20.3. The van der Waals surface area contributed by atoms with Gasteiger partial charge in [-0.1, -0.05) is 95.4 Å². The predicted octanol–water partition coefficient (Wildman–Crippen LogP) is 9.41. The molecule has 0 heterocycles. The molecule has 1 aromatic carbocycles. The van der Waals surface area contributed by atoms with E-state index in [1.165, 1.54) is 51.4 Å². The van der Waals surface area contributed by atoms with Crippen molar-refractivity contribution < 1.29 is 45.7 Å². The molecule has 0 fully saturated rings. The Labute approximate surface area is 201 Å². The third-order valence-electron chi connectivity index (χ3n) is 5.41. The number of unbranched alkanes of at least 4 members (excludes halogenated alkanes) is 13. The van der Waals surface area contributed by atoms with Gasteiger partial charge in [0, 0.05) is 0 Å². The summed E-state index contributed by atoms with van der Waals surface area (Å²) in [6.45, 7) is 1.88. The van der Waals surface area contributed by atoms with Crippen LogP contribution in [0.2, 0.25) is 0 Å². The minimum atomic E-state index is -5.35. The number of ether oxygens (including phenoxy) is 1. The molecule has 0 atom stereocenters. The first-order valence-corrected chi connectivity index (χ1v) is 12.5.